The first-order valence-corrected chi connectivity index (χ1v) is 6.73. The van der Waals surface area contributed by atoms with Crippen LogP contribution in [0.4, 0.5) is 0 Å². The van der Waals surface area contributed by atoms with E-state index >= 15 is 0 Å². The zero-order valence-electron chi connectivity index (χ0n) is 9.17. The minimum Gasteiger partial charge on any atom is -0.389 e. The first kappa shape index (κ1) is 12.3. The van der Waals surface area contributed by atoms with Gasteiger partial charge in [0.15, 0.2) is 0 Å². The standard InChI is InChI=1S/C11H23NOS/c1-11(13,9-12)7-8-14-10-5-3-2-4-6-10/h10,13H,2-9,12H2,1H3. The van der Waals surface area contributed by atoms with Crippen molar-refractivity contribution in [2.45, 2.75) is 56.3 Å². The van der Waals surface area contributed by atoms with Gasteiger partial charge in [0.2, 0.25) is 0 Å². The van der Waals surface area contributed by atoms with Crippen LogP contribution in [-0.2, 0) is 0 Å². The molecule has 0 aromatic heterocycles. The number of hydrogen-bond acceptors (Lipinski definition) is 3. The van der Waals surface area contributed by atoms with Crippen LogP contribution in [0.25, 0.3) is 0 Å². The van der Waals surface area contributed by atoms with E-state index < -0.39 is 5.60 Å². The molecule has 0 aromatic carbocycles. The van der Waals surface area contributed by atoms with Gasteiger partial charge in [0.1, 0.15) is 0 Å². The third-order valence-electron chi connectivity index (χ3n) is 2.99. The van der Waals surface area contributed by atoms with Crippen LogP contribution < -0.4 is 5.73 Å². The summed E-state index contributed by atoms with van der Waals surface area (Å²) in [6, 6.07) is 0. The molecule has 84 valence electrons. The van der Waals surface area contributed by atoms with E-state index in [0.717, 1.165) is 17.4 Å². The van der Waals surface area contributed by atoms with Crippen LogP contribution in [0.3, 0.4) is 0 Å². The van der Waals surface area contributed by atoms with Gasteiger partial charge in [-0.05, 0) is 31.9 Å². The van der Waals surface area contributed by atoms with Crippen molar-refractivity contribution in [2.24, 2.45) is 5.73 Å². The lowest BCUT2D eigenvalue weighted by molar-refractivity contribution is 0.0665. The van der Waals surface area contributed by atoms with Gasteiger partial charge in [0, 0.05) is 11.8 Å². The highest BCUT2D eigenvalue weighted by Gasteiger charge is 2.19. The van der Waals surface area contributed by atoms with Crippen LogP contribution in [0.15, 0.2) is 0 Å². The Kier molecular flexibility index (Phi) is 5.28. The molecule has 0 saturated heterocycles. The first-order chi connectivity index (χ1) is 6.64. The summed E-state index contributed by atoms with van der Waals surface area (Å²) in [5, 5.41) is 10.6. The van der Waals surface area contributed by atoms with Gasteiger partial charge >= 0.3 is 0 Å². The lowest BCUT2D eigenvalue weighted by Gasteiger charge is -2.24. The fourth-order valence-electron chi connectivity index (χ4n) is 1.78. The summed E-state index contributed by atoms with van der Waals surface area (Å²) >= 11 is 2.02. The zero-order valence-corrected chi connectivity index (χ0v) is 9.98. The van der Waals surface area contributed by atoms with Crippen molar-refractivity contribution < 1.29 is 5.11 Å². The number of thioether (sulfide) groups is 1. The summed E-state index contributed by atoms with van der Waals surface area (Å²) in [7, 11) is 0. The Balaban J connectivity index is 2.08. The maximum absolute atomic E-state index is 9.71. The molecule has 3 N–H and O–H groups in total. The second-order valence-electron chi connectivity index (χ2n) is 4.58. The van der Waals surface area contributed by atoms with Crippen LogP contribution in [-0.4, -0.2) is 28.3 Å². The summed E-state index contributed by atoms with van der Waals surface area (Å²) in [6.07, 6.45) is 7.77. The quantitative estimate of drug-likeness (QED) is 0.742. The van der Waals surface area contributed by atoms with Gasteiger partial charge in [0.05, 0.1) is 5.60 Å². The van der Waals surface area contributed by atoms with E-state index in [-0.39, 0.29) is 0 Å². The third-order valence-corrected chi connectivity index (χ3v) is 4.37. The lowest BCUT2D eigenvalue weighted by Crippen LogP contribution is -2.34. The Labute approximate surface area is 91.6 Å². The summed E-state index contributed by atoms with van der Waals surface area (Å²) in [5.41, 5.74) is 4.82. The lowest BCUT2D eigenvalue weighted by atomic mass is 10.0. The average molecular weight is 217 g/mol. The highest BCUT2D eigenvalue weighted by Crippen LogP contribution is 2.29. The Morgan fingerprint density at radius 1 is 1.36 bits per heavy atom. The van der Waals surface area contributed by atoms with Gasteiger partial charge in [-0.1, -0.05) is 19.3 Å². The van der Waals surface area contributed by atoms with Crippen LogP contribution in [0.5, 0.6) is 0 Å². The second kappa shape index (κ2) is 5.99. The molecule has 0 aliphatic heterocycles. The van der Waals surface area contributed by atoms with E-state index in [1.165, 1.54) is 32.1 Å². The van der Waals surface area contributed by atoms with E-state index in [9.17, 15) is 5.11 Å². The molecule has 2 nitrogen and oxygen atoms in total. The van der Waals surface area contributed by atoms with Crippen LogP contribution in [0.1, 0.15) is 45.4 Å². The van der Waals surface area contributed by atoms with Crippen molar-refractivity contribution in [3.8, 4) is 0 Å². The fraction of sp³-hybridized carbons (Fsp3) is 1.00. The minimum atomic E-state index is -0.651. The van der Waals surface area contributed by atoms with Gasteiger partial charge in [0.25, 0.3) is 0 Å². The molecule has 0 aromatic rings. The minimum absolute atomic E-state index is 0.373. The maximum atomic E-state index is 9.71. The molecule has 0 heterocycles. The Hall–Kier alpha value is 0.270. The topological polar surface area (TPSA) is 46.2 Å². The first-order valence-electron chi connectivity index (χ1n) is 5.68. The van der Waals surface area contributed by atoms with Gasteiger partial charge in [-0.25, -0.2) is 0 Å². The van der Waals surface area contributed by atoms with Crippen molar-refractivity contribution in [1.82, 2.24) is 0 Å². The van der Waals surface area contributed by atoms with Gasteiger partial charge in [-0.3, -0.25) is 0 Å². The smallest absolute Gasteiger partial charge is 0.0749 e. The molecule has 1 aliphatic carbocycles. The maximum Gasteiger partial charge on any atom is 0.0749 e. The molecule has 0 bridgehead atoms. The molecule has 1 fully saturated rings. The zero-order chi connectivity index (χ0) is 10.4. The normalized spacial score (nSPS) is 23.4. The Morgan fingerprint density at radius 2 is 2.00 bits per heavy atom. The predicted molar refractivity (Wildman–Crippen MR) is 63.6 cm³/mol. The van der Waals surface area contributed by atoms with Gasteiger partial charge in [-0.2, -0.15) is 11.8 Å². The molecule has 1 atom stereocenters. The monoisotopic (exact) mass is 217 g/mol. The molecular weight excluding hydrogens is 194 g/mol. The predicted octanol–water partition coefficient (Wildman–Crippen LogP) is 2.15. The molecule has 1 rings (SSSR count). The van der Waals surface area contributed by atoms with E-state index in [4.69, 9.17) is 5.73 Å². The Morgan fingerprint density at radius 3 is 2.57 bits per heavy atom. The van der Waals surface area contributed by atoms with E-state index in [0.29, 0.717) is 6.54 Å². The van der Waals surface area contributed by atoms with Gasteiger partial charge < -0.3 is 10.8 Å². The van der Waals surface area contributed by atoms with Crippen LogP contribution >= 0.6 is 11.8 Å². The van der Waals surface area contributed by atoms with E-state index in [1.807, 2.05) is 18.7 Å². The van der Waals surface area contributed by atoms with Crippen molar-refractivity contribution in [2.75, 3.05) is 12.3 Å². The highest BCUT2D eigenvalue weighted by molar-refractivity contribution is 7.99. The SMILES string of the molecule is CC(O)(CN)CCSC1CCCCC1. The largest absolute Gasteiger partial charge is 0.389 e. The number of nitrogens with two attached hydrogens (primary N) is 1. The molecule has 1 saturated carbocycles. The van der Waals surface area contributed by atoms with Crippen molar-refractivity contribution in [3.63, 3.8) is 0 Å². The molecule has 3 heteroatoms. The number of rotatable bonds is 5. The average Bonchev–Trinajstić information content (AvgIpc) is 2.19. The molecule has 0 amide bonds. The molecule has 0 spiro atoms. The van der Waals surface area contributed by atoms with Crippen molar-refractivity contribution in [3.05, 3.63) is 0 Å². The number of hydrogen-bond donors (Lipinski definition) is 2. The molecular formula is C11H23NOS. The molecule has 14 heavy (non-hydrogen) atoms. The van der Waals surface area contributed by atoms with E-state index in [2.05, 4.69) is 0 Å². The highest BCUT2D eigenvalue weighted by atomic mass is 32.2. The second-order valence-corrected chi connectivity index (χ2v) is 5.99. The summed E-state index contributed by atoms with van der Waals surface area (Å²) in [5.74, 6) is 1.05. The summed E-state index contributed by atoms with van der Waals surface area (Å²) < 4.78 is 0. The van der Waals surface area contributed by atoms with Crippen LogP contribution in [0, 0.1) is 0 Å². The van der Waals surface area contributed by atoms with Gasteiger partial charge in [-0.15, -0.1) is 0 Å². The molecule has 0 radical (unpaired) electrons. The summed E-state index contributed by atoms with van der Waals surface area (Å²) in [6.45, 7) is 2.20. The summed E-state index contributed by atoms with van der Waals surface area (Å²) in [4.78, 5) is 0. The third kappa shape index (κ3) is 4.67. The number of aliphatic hydroxyl groups is 1. The molecule has 1 unspecified atom stereocenters. The van der Waals surface area contributed by atoms with Crippen molar-refractivity contribution in [1.29, 1.82) is 0 Å². The van der Waals surface area contributed by atoms with Crippen LogP contribution in [0.2, 0.25) is 0 Å². The molecule has 1 aliphatic rings. The Bertz CT molecular complexity index is 155. The van der Waals surface area contributed by atoms with E-state index in [1.54, 1.807) is 0 Å². The fourth-order valence-corrected chi connectivity index (χ4v) is 3.34. The van der Waals surface area contributed by atoms with Crippen molar-refractivity contribution >= 4 is 11.8 Å².